The van der Waals surface area contributed by atoms with Gasteiger partial charge in [0.05, 0.1) is 12.9 Å². The summed E-state index contributed by atoms with van der Waals surface area (Å²) in [7, 11) is 0. The third-order valence-corrected chi connectivity index (χ3v) is 3.34. The summed E-state index contributed by atoms with van der Waals surface area (Å²) in [5.41, 5.74) is 1.33. The first kappa shape index (κ1) is 13.8. The van der Waals surface area contributed by atoms with Crippen LogP contribution >= 0.6 is 0 Å². The highest BCUT2D eigenvalue weighted by Gasteiger charge is 2.30. The van der Waals surface area contributed by atoms with Crippen molar-refractivity contribution in [3.05, 3.63) is 54.1 Å². The van der Waals surface area contributed by atoms with E-state index in [1.54, 1.807) is 12.5 Å². The topological polar surface area (TPSA) is 38.0 Å². The van der Waals surface area contributed by atoms with E-state index in [-0.39, 0.29) is 0 Å². The molecule has 0 radical (unpaired) electrons. The third-order valence-electron chi connectivity index (χ3n) is 3.34. The lowest BCUT2D eigenvalue weighted by Crippen LogP contribution is -2.32. The molecule has 1 aromatic carbocycles. The number of nitrogens with zero attached hydrogens (tertiary/aromatic N) is 2. The minimum atomic E-state index is -0.845. The van der Waals surface area contributed by atoms with Crippen molar-refractivity contribution < 1.29 is 5.11 Å². The van der Waals surface area contributed by atoms with Crippen molar-refractivity contribution in [1.82, 2.24) is 9.55 Å². The SMILES string of the molecule is Cc1ccc(C(O)(CC(C)C)Cn2ccnc2)cc1. The Hall–Kier alpha value is -1.61. The molecule has 1 aromatic heterocycles. The first-order chi connectivity index (χ1) is 8.99. The highest BCUT2D eigenvalue weighted by Crippen LogP contribution is 2.30. The lowest BCUT2D eigenvalue weighted by Gasteiger charge is -2.31. The van der Waals surface area contributed by atoms with Crippen LogP contribution in [0.4, 0.5) is 0 Å². The molecular weight excluding hydrogens is 236 g/mol. The van der Waals surface area contributed by atoms with Gasteiger partial charge < -0.3 is 9.67 Å². The van der Waals surface area contributed by atoms with Gasteiger partial charge in [-0.25, -0.2) is 4.98 Å². The fourth-order valence-corrected chi connectivity index (χ4v) is 2.50. The van der Waals surface area contributed by atoms with E-state index in [0.29, 0.717) is 12.5 Å². The van der Waals surface area contributed by atoms with E-state index >= 15 is 0 Å². The van der Waals surface area contributed by atoms with Crippen molar-refractivity contribution in [3.8, 4) is 0 Å². The summed E-state index contributed by atoms with van der Waals surface area (Å²) in [5, 5.41) is 11.1. The first-order valence-corrected chi connectivity index (χ1v) is 6.75. The molecule has 102 valence electrons. The van der Waals surface area contributed by atoms with Crippen molar-refractivity contribution in [2.45, 2.75) is 39.3 Å². The molecule has 1 atom stereocenters. The molecule has 2 aromatic rings. The molecule has 19 heavy (non-hydrogen) atoms. The Bertz CT molecular complexity index is 502. The predicted octanol–water partition coefficient (Wildman–Crippen LogP) is 3.13. The van der Waals surface area contributed by atoms with Crippen LogP contribution in [0.2, 0.25) is 0 Å². The summed E-state index contributed by atoms with van der Waals surface area (Å²) in [4.78, 5) is 4.05. The summed E-state index contributed by atoms with van der Waals surface area (Å²) >= 11 is 0. The molecule has 0 aliphatic carbocycles. The van der Waals surface area contributed by atoms with Crippen LogP contribution in [-0.2, 0) is 12.1 Å². The Morgan fingerprint density at radius 1 is 1.26 bits per heavy atom. The van der Waals surface area contributed by atoms with Gasteiger partial charge in [0.1, 0.15) is 5.60 Å². The zero-order valence-electron chi connectivity index (χ0n) is 11.9. The highest BCUT2D eigenvalue weighted by molar-refractivity contribution is 5.26. The average molecular weight is 258 g/mol. The molecule has 0 saturated carbocycles. The van der Waals surface area contributed by atoms with Gasteiger partial charge in [-0.05, 0) is 24.8 Å². The molecule has 3 nitrogen and oxygen atoms in total. The second-order valence-electron chi connectivity index (χ2n) is 5.73. The number of rotatable bonds is 5. The summed E-state index contributed by atoms with van der Waals surface area (Å²) < 4.78 is 1.93. The summed E-state index contributed by atoms with van der Waals surface area (Å²) in [6.45, 7) is 6.86. The van der Waals surface area contributed by atoms with Crippen LogP contribution in [0.5, 0.6) is 0 Å². The maximum Gasteiger partial charge on any atom is 0.108 e. The molecule has 0 amide bonds. The van der Waals surface area contributed by atoms with Gasteiger partial charge in [-0.1, -0.05) is 43.7 Å². The molecule has 2 rings (SSSR count). The van der Waals surface area contributed by atoms with Crippen molar-refractivity contribution in [2.75, 3.05) is 0 Å². The third kappa shape index (κ3) is 3.44. The van der Waals surface area contributed by atoms with E-state index in [1.807, 2.05) is 22.9 Å². The number of aromatic nitrogens is 2. The number of benzene rings is 1. The second kappa shape index (κ2) is 5.57. The summed E-state index contributed by atoms with van der Waals surface area (Å²) in [5.74, 6) is 0.426. The fourth-order valence-electron chi connectivity index (χ4n) is 2.50. The number of hydrogen-bond acceptors (Lipinski definition) is 2. The van der Waals surface area contributed by atoms with E-state index in [9.17, 15) is 5.11 Å². The Morgan fingerprint density at radius 2 is 1.95 bits per heavy atom. The number of hydrogen-bond donors (Lipinski definition) is 1. The van der Waals surface area contributed by atoms with E-state index in [1.165, 1.54) is 5.56 Å². The van der Waals surface area contributed by atoms with Crippen LogP contribution in [0.15, 0.2) is 43.0 Å². The zero-order chi connectivity index (χ0) is 13.9. The molecule has 1 unspecified atom stereocenters. The fraction of sp³-hybridized carbons (Fsp3) is 0.438. The molecule has 3 heteroatoms. The van der Waals surface area contributed by atoms with Crippen LogP contribution in [0, 0.1) is 12.8 Å². The highest BCUT2D eigenvalue weighted by atomic mass is 16.3. The Morgan fingerprint density at radius 3 is 2.47 bits per heavy atom. The lowest BCUT2D eigenvalue weighted by atomic mass is 9.85. The van der Waals surface area contributed by atoms with Gasteiger partial charge in [0.2, 0.25) is 0 Å². The number of aliphatic hydroxyl groups is 1. The van der Waals surface area contributed by atoms with Crippen molar-refractivity contribution in [3.63, 3.8) is 0 Å². The van der Waals surface area contributed by atoms with Crippen LogP contribution < -0.4 is 0 Å². The molecule has 0 aliphatic heterocycles. The molecule has 1 heterocycles. The van der Waals surface area contributed by atoms with Crippen LogP contribution in [-0.4, -0.2) is 14.7 Å². The van der Waals surface area contributed by atoms with Gasteiger partial charge in [0, 0.05) is 12.4 Å². The van der Waals surface area contributed by atoms with E-state index in [2.05, 4.69) is 37.9 Å². The minimum Gasteiger partial charge on any atom is -0.383 e. The summed E-state index contributed by atoms with van der Waals surface area (Å²) in [6.07, 6.45) is 6.11. The molecule has 0 saturated heterocycles. The lowest BCUT2D eigenvalue weighted by molar-refractivity contribution is -0.00182. The molecule has 0 fully saturated rings. The van der Waals surface area contributed by atoms with Crippen molar-refractivity contribution in [2.24, 2.45) is 5.92 Å². The molecule has 1 N–H and O–H groups in total. The number of imidazole rings is 1. The van der Waals surface area contributed by atoms with Gasteiger partial charge in [-0.15, -0.1) is 0 Å². The largest absolute Gasteiger partial charge is 0.383 e. The Kier molecular flexibility index (Phi) is 4.05. The van der Waals surface area contributed by atoms with Gasteiger partial charge in [-0.2, -0.15) is 0 Å². The average Bonchev–Trinajstić information content (AvgIpc) is 2.81. The molecule has 0 spiro atoms. The maximum absolute atomic E-state index is 11.1. The Labute approximate surface area is 114 Å². The van der Waals surface area contributed by atoms with Crippen LogP contribution in [0.1, 0.15) is 31.4 Å². The van der Waals surface area contributed by atoms with Crippen molar-refractivity contribution in [1.29, 1.82) is 0 Å². The molecule has 0 aliphatic rings. The van der Waals surface area contributed by atoms with Crippen LogP contribution in [0.25, 0.3) is 0 Å². The smallest absolute Gasteiger partial charge is 0.108 e. The van der Waals surface area contributed by atoms with E-state index in [4.69, 9.17) is 0 Å². The van der Waals surface area contributed by atoms with E-state index in [0.717, 1.165) is 12.0 Å². The maximum atomic E-state index is 11.1. The quantitative estimate of drug-likeness (QED) is 0.894. The first-order valence-electron chi connectivity index (χ1n) is 6.75. The Balaban J connectivity index is 2.30. The normalized spacial score (nSPS) is 14.6. The van der Waals surface area contributed by atoms with Gasteiger partial charge in [-0.3, -0.25) is 0 Å². The van der Waals surface area contributed by atoms with Gasteiger partial charge in [0.15, 0.2) is 0 Å². The van der Waals surface area contributed by atoms with Crippen LogP contribution in [0.3, 0.4) is 0 Å². The second-order valence-corrected chi connectivity index (χ2v) is 5.73. The standard InChI is InChI=1S/C16H22N2O/c1-13(2)10-16(19,11-18-9-8-17-12-18)15-6-4-14(3)5-7-15/h4-9,12-13,19H,10-11H2,1-3H3. The monoisotopic (exact) mass is 258 g/mol. The minimum absolute atomic E-state index is 0.426. The van der Waals surface area contributed by atoms with Gasteiger partial charge in [0.25, 0.3) is 0 Å². The van der Waals surface area contributed by atoms with Gasteiger partial charge >= 0.3 is 0 Å². The van der Waals surface area contributed by atoms with Crippen molar-refractivity contribution >= 4 is 0 Å². The zero-order valence-corrected chi connectivity index (χ0v) is 11.9. The van der Waals surface area contributed by atoms with E-state index < -0.39 is 5.60 Å². The number of aryl methyl sites for hydroxylation is 1. The predicted molar refractivity (Wildman–Crippen MR) is 76.8 cm³/mol. The summed E-state index contributed by atoms with van der Waals surface area (Å²) in [6, 6.07) is 8.15. The molecular formula is C16H22N2O. The molecule has 0 bridgehead atoms.